The van der Waals surface area contributed by atoms with Gasteiger partial charge in [0, 0.05) is 29.1 Å². The zero-order valence-electron chi connectivity index (χ0n) is 15.5. The van der Waals surface area contributed by atoms with Gasteiger partial charge < -0.3 is 4.57 Å². The fourth-order valence-corrected chi connectivity index (χ4v) is 4.38. The van der Waals surface area contributed by atoms with Crippen LogP contribution in [0.4, 0.5) is 0 Å². The molecule has 2 N–H and O–H groups in total. The Hall–Kier alpha value is -2.91. The Kier molecular flexibility index (Phi) is 5.39. The summed E-state index contributed by atoms with van der Waals surface area (Å²) in [6.45, 7) is 3.80. The van der Waals surface area contributed by atoms with Crippen LogP contribution in [0.2, 0.25) is 0 Å². The Bertz CT molecular complexity index is 1130. The predicted molar refractivity (Wildman–Crippen MR) is 108 cm³/mol. The van der Waals surface area contributed by atoms with Crippen molar-refractivity contribution >= 4 is 33.0 Å². The highest BCUT2D eigenvalue weighted by atomic mass is 32.2. The predicted octanol–water partition coefficient (Wildman–Crippen LogP) is 2.63. The molecule has 2 aromatic heterocycles. The lowest BCUT2D eigenvalue weighted by Crippen LogP contribution is -2.42. The second kappa shape index (κ2) is 7.61. The van der Waals surface area contributed by atoms with Crippen molar-refractivity contribution in [3.05, 3.63) is 70.4 Å². The number of nitrogens with zero attached hydrogens (tertiary/aromatic N) is 1. The summed E-state index contributed by atoms with van der Waals surface area (Å²) in [4.78, 5) is 26.1. The second-order valence-corrected chi connectivity index (χ2v) is 9.48. The topological polar surface area (TPSA) is 97.3 Å². The molecule has 0 radical (unpaired) electrons. The maximum absolute atomic E-state index is 12.7. The molecule has 2 heterocycles. The summed E-state index contributed by atoms with van der Waals surface area (Å²) >= 11 is 1.49. The van der Waals surface area contributed by atoms with Crippen molar-refractivity contribution in [3.63, 3.8) is 0 Å². The summed E-state index contributed by atoms with van der Waals surface area (Å²) < 4.78 is 24.8. The Morgan fingerprint density at radius 1 is 0.964 bits per heavy atom. The molecular formula is C19H19N3O4S2. The van der Waals surface area contributed by atoms with E-state index in [-0.39, 0.29) is 10.5 Å². The molecule has 0 unspecified atom stereocenters. The maximum Gasteiger partial charge on any atom is 0.272 e. The molecular weight excluding hydrogens is 398 g/mol. The van der Waals surface area contributed by atoms with Crippen molar-refractivity contribution in [2.24, 2.45) is 0 Å². The highest BCUT2D eigenvalue weighted by Crippen LogP contribution is 2.30. The molecule has 0 saturated carbocycles. The first-order valence-corrected chi connectivity index (χ1v) is 11.0. The first kappa shape index (κ1) is 19.8. The lowest BCUT2D eigenvalue weighted by Gasteiger charge is -2.10. The maximum atomic E-state index is 12.7. The normalized spacial score (nSPS) is 11.2. The van der Waals surface area contributed by atoms with E-state index in [9.17, 15) is 18.0 Å². The van der Waals surface area contributed by atoms with Gasteiger partial charge in [-0.2, -0.15) is 0 Å². The third kappa shape index (κ3) is 4.00. The van der Waals surface area contributed by atoms with E-state index in [1.54, 1.807) is 0 Å². The standard InChI is InChI=1S/C19H19N3O4S2/c1-12-13(2)27-19(22-10-4-5-11-22)16(12)18(24)21-20-17(23)14-6-8-15(9-7-14)28(3,25)26/h4-11H,1-3H3,(H,20,23)(H,21,24). The van der Waals surface area contributed by atoms with Gasteiger partial charge in [-0.1, -0.05) is 0 Å². The monoisotopic (exact) mass is 417 g/mol. The molecule has 3 aromatic rings. The van der Waals surface area contributed by atoms with Gasteiger partial charge in [0.05, 0.1) is 10.5 Å². The fraction of sp³-hybridized carbons (Fsp3) is 0.158. The zero-order valence-corrected chi connectivity index (χ0v) is 17.1. The molecule has 0 aliphatic heterocycles. The number of benzene rings is 1. The highest BCUT2D eigenvalue weighted by Gasteiger charge is 2.21. The number of amides is 2. The number of aromatic nitrogens is 1. The number of rotatable bonds is 4. The van der Waals surface area contributed by atoms with Crippen LogP contribution in [0, 0.1) is 13.8 Å². The Morgan fingerprint density at radius 2 is 1.54 bits per heavy atom. The van der Waals surface area contributed by atoms with Gasteiger partial charge in [-0.05, 0) is 55.8 Å². The van der Waals surface area contributed by atoms with Gasteiger partial charge in [0.15, 0.2) is 9.84 Å². The van der Waals surface area contributed by atoms with E-state index in [0.29, 0.717) is 5.56 Å². The zero-order chi connectivity index (χ0) is 20.5. The van der Waals surface area contributed by atoms with E-state index in [4.69, 9.17) is 0 Å². The summed E-state index contributed by atoms with van der Waals surface area (Å²) in [5, 5.41) is 0.768. The quantitative estimate of drug-likeness (QED) is 0.638. The van der Waals surface area contributed by atoms with Gasteiger partial charge >= 0.3 is 0 Å². The number of aryl methyl sites for hydroxylation is 1. The summed E-state index contributed by atoms with van der Waals surface area (Å²) in [6, 6.07) is 9.22. The number of thiophene rings is 1. The molecule has 9 heteroatoms. The summed E-state index contributed by atoms with van der Waals surface area (Å²) in [5.41, 5.74) is 6.38. The van der Waals surface area contributed by atoms with Crippen LogP contribution in [0.1, 0.15) is 31.2 Å². The number of carbonyl (C=O) groups is 2. The minimum absolute atomic E-state index is 0.119. The van der Waals surface area contributed by atoms with Crippen molar-refractivity contribution in [2.75, 3.05) is 6.26 Å². The van der Waals surface area contributed by atoms with Gasteiger partial charge in [-0.25, -0.2) is 8.42 Å². The first-order chi connectivity index (χ1) is 13.2. The van der Waals surface area contributed by atoms with Crippen LogP contribution in [0.3, 0.4) is 0 Å². The molecule has 0 aliphatic carbocycles. The van der Waals surface area contributed by atoms with Crippen LogP contribution in [0.5, 0.6) is 0 Å². The smallest absolute Gasteiger partial charge is 0.272 e. The Morgan fingerprint density at radius 3 is 2.11 bits per heavy atom. The van der Waals surface area contributed by atoms with Crippen molar-refractivity contribution in [3.8, 4) is 5.00 Å². The minimum Gasteiger partial charge on any atom is -0.315 e. The molecule has 146 valence electrons. The van der Waals surface area contributed by atoms with E-state index < -0.39 is 21.7 Å². The Balaban J connectivity index is 1.75. The third-order valence-corrected chi connectivity index (χ3v) is 6.62. The number of nitrogens with one attached hydrogen (secondary N) is 2. The highest BCUT2D eigenvalue weighted by molar-refractivity contribution is 7.90. The Labute approximate surface area is 166 Å². The van der Waals surface area contributed by atoms with Crippen LogP contribution in [-0.2, 0) is 9.84 Å². The summed E-state index contributed by atoms with van der Waals surface area (Å²) in [5.74, 6) is -0.966. The minimum atomic E-state index is -3.34. The summed E-state index contributed by atoms with van der Waals surface area (Å²) in [7, 11) is -3.34. The molecule has 7 nitrogen and oxygen atoms in total. The lowest BCUT2D eigenvalue weighted by molar-refractivity contribution is 0.0846. The number of hydrazine groups is 1. The number of hydrogen-bond acceptors (Lipinski definition) is 5. The van der Waals surface area contributed by atoms with Gasteiger partial charge in [0.2, 0.25) is 0 Å². The summed E-state index contributed by atoms with van der Waals surface area (Å²) in [6.07, 6.45) is 4.79. The molecule has 0 aliphatic rings. The molecule has 0 bridgehead atoms. The van der Waals surface area contributed by atoms with Gasteiger partial charge in [0.25, 0.3) is 11.8 Å². The first-order valence-electron chi connectivity index (χ1n) is 8.32. The van der Waals surface area contributed by atoms with E-state index >= 15 is 0 Å². The van der Waals surface area contributed by atoms with Crippen molar-refractivity contribution < 1.29 is 18.0 Å². The number of sulfone groups is 1. The average Bonchev–Trinajstić information content (AvgIpc) is 3.28. The molecule has 0 atom stereocenters. The van der Waals surface area contributed by atoms with Crippen LogP contribution in [-0.4, -0.2) is 31.1 Å². The number of hydrogen-bond donors (Lipinski definition) is 2. The van der Waals surface area contributed by atoms with E-state index in [1.165, 1.54) is 35.6 Å². The molecule has 0 spiro atoms. The van der Waals surface area contributed by atoms with Crippen LogP contribution in [0.25, 0.3) is 5.00 Å². The average molecular weight is 418 g/mol. The van der Waals surface area contributed by atoms with Crippen LogP contribution in [0.15, 0.2) is 53.7 Å². The van der Waals surface area contributed by atoms with E-state index in [0.717, 1.165) is 21.7 Å². The van der Waals surface area contributed by atoms with Crippen LogP contribution >= 0.6 is 11.3 Å². The van der Waals surface area contributed by atoms with Crippen molar-refractivity contribution in [2.45, 2.75) is 18.7 Å². The number of carbonyl (C=O) groups excluding carboxylic acids is 2. The van der Waals surface area contributed by atoms with Gasteiger partial charge in [-0.15, -0.1) is 11.3 Å². The van der Waals surface area contributed by atoms with Gasteiger partial charge in [0.1, 0.15) is 5.00 Å². The van der Waals surface area contributed by atoms with Crippen molar-refractivity contribution in [1.29, 1.82) is 0 Å². The second-order valence-electron chi connectivity index (χ2n) is 6.26. The molecule has 0 fully saturated rings. The largest absolute Gasteiger partial charge is 0.315 e. The SMILES string of the molecule is Cc1sc(-n2cccc2)c(C(=O)NNC(=O)c2ccc(S(C)(=O)=O)cc2)c1C. The lowest BCUT2D eigenvalue weighted by atomic mass is 10.1. The third-order valence-electron chi connectivity index (χ3n) is 4.27. The molecule has 0 saturated heterocycles. The van der Waals surface area contributed by atoms with E-state index in [1.807, 2.05) is 42.9 Å². The molecule has 3 rings (SSSR count). The molecule has 28 heavy (non-hydrogen) atoms. The van der Waals surface area contributed by atoms with E-state index in [2.05, 4.69) is 10.9 Å². The van der Waals surface area contributed by atoms with Gasteiger partial charge in [-0.3, -0.25) is 20.4 Å². The molecule has 2 amide bonds. The fourth-order valence-electron chi connectivity index (χ4n) is 2.63. The van der Waals surface area contributed by atoms with Crippen molar-refractivity contribution in [1.82, 2.24) is 15.4 Å². The van der Waals surface area contributed by atoms with Crippen LogP contribution < -0.4 is 10.9 Å². The molecule has 1 aromatic carbocycles.